The summed E-state index contributed by atoms with van der Waals surface area (Å²) in [6.07, 6.45) is 0. The van der Waals surface area contributed by atoms with Gasteiger partial charge in [0.2, 0.25) is 0 Å². The van der Waals surface area contributed by atoms with Crippen molar-refractivity contribution in [3.8, 4) is 0 Å². The minimum absolute atomic E-state index is 1.75. The minimum Gasteiger partial charge on any atom is -0.352 e. The van der Waals surface area contributed by atoms with Crippen molar-refractivity contribution in [1.29, 1.82) is 0 Å². The molecule has 0 aromatic rings. The molecule has 17 heavy (non-hydrogen) atoms. The molecule has 0 radical (unpaired) electrons. The normalized spacial score (nSPS) is 15.1. The summed E-state index contributed by atoms with van der Waals surface area (Å²) in [5.74, 6) is 0. The molecule has 0 saturated heterocycles. The van der Waals surface area contributed by atoms with E-state index < -0.39 is 31.7 Å². The van der Waals surface area contributed by atoms with Crippen molar-refractivity contribution in [3.63, 3.8) is 0 Å². The van der Waals surface area contributed by atoms with Gasteiger partial charge in [-0.05, 0) is 70.7 Å². The van der Waals surface area contributed by atoms with Crippen LogP contribution in [0.25, 0.3) is 0 Å². The Morgan fingerprint density at radius 2 is 0.765 bits per heavy atom. The topological polar surface area (TPSA) is 27.7 Å². The van der Waals surface area contributed by atoms with Crippen molar-refractivity contribution in [3.05, 3.63) is 0 Å². The lowest BCUT2D eigenvalue weighted by Gasteiger charge is -2.36. The van der Waals surface area contributed by atoms with Gasteiger partial charge in [0.25, 0.3) is 6.72 Å². The molecule has 0 saturated carbocycles. The van der Waals surface area contributed by atoms with Gasteiger partial charge >= 0.3 is 0 Å². The summed E-state index contributed by atoms with van der Waals surface area (Å²) in [5, 5.41) is 0. The molecule has 0 N–H and O–H groups in total. The first-order valence-electron chi connectivity index (χ1n) is 5.84. The van der Waals surface area contributed by atoms with Gasteiger partial charge in [0.1, 0.15) is 0 Å². The second-order valence-corrected chi connectivity index (χ2v) is 24.2. The maximum Gasteiger partial charge on any atom is 0.297 e. The van der Waals surface area contributed by atoms with Crippen molar-refractivity contribution in [2.24, 2.45) is 0 Å². The Morgan fingerprint density at radius 1 is 0.588 bits per heavy atom. The van der Waals surface area contributed by atoms with Gasteiger partial charge in [-0.15, -0.1) is 0 Å². The highest BCUT2D eigenvalue weighted by Crippen LogP contribution is 2.56. The molecular weight excluding hydrogens is 303 g/mol. The molecule has 104 valence electrons. The zero-order valence-corrected chi connectivity index (χ0v) is 17.3. The quantitative estimate of drug-likeness (QED) is 0.518. The monoisotopic (exact) mass is 330 g/mol. The van der Waals surface area contributed by atoms with E-state index in [4.69, 9.17) is 24.4 Å². The molecule has 0 spiro atoms. The Kier molecular flexibility index (Phi) is 6.06. The molecule has 3 nitrogen and oxygen atoms in total. The van der Waals surface area contributed by atoms with E-state index >= 15 is 0 Å². The summed E-state index contributed by atoms with van der Waals surface area (Å²) in [6, 6.07) is 0. The first-order valence-corrected chi connectivity index (χ1v) is 18.6. The largest absolute Gasteiger partial charge is 0.352 e. The highest BCUT2D eigenvalue weighted by molar-refractivity contribution is 8.08. The van der Waals surface area contributed by atoms with E-state index in [0.29, 0.717) is 0 Å². The van der Waals surface area contributed by atoms with Crippen molar-refractivity contribution in [1.82, 2.24) is 0 Å². The van der Waals surface area contributed by atoms with Crippen molar-refractivity contribution < 1.29 is 12.6 Å². The SMILES string of the molecule is C[Si](C)(C)OP(=S)(O[Si](C)(C)C)O[Si](C)(C)C. The number of hydrogen-bond donors (Lipinski definition) is 0. The predicted molar refractivity (Wildman–Crippen MR) is 87.6 cm³/mol. The zero-order chi connectivity index (χ0) is 14.1. The van der Waals surface area contributed by atoms with Crippen molar-refractivity contribution in [2.75, 3.05) is 0 Å². The summed E-state index contributed by atoms with van der Waals surface area (Å²) >= 11 is 5.59. The highest BCUT2D eigenvalue weighted by Gasteiger charge is 2.37. The second-order valence-electron chi connectivity index (χ2n) is 7.06. The lowest BCUT2D eigenvalue weighted by molar-refractivity contribution is 0.379. The Balaban J connectivity index is 5.03. The first-order chi connectivity index (χ1) is 7.12. The van der Waals surface area contributed by atoms with E-state index in [-0.39, 0.29) is 0 Å². The standard InChI is InChI=1S/C9H27O3PSSi3/c1-15(2,3)10-13(14,11-16(4,5)6)12-17(7,8)9/h1-9H3. The Labute approximate surface area is 115 Å². The van der Waals surface area contributed by atoms with E-state index in [0.717, 1.165) is 0 Å². The van der Waals surface area contributed by atoms with Gasteiger partial charge in [-0.2, -0.15) is 0 Å². The molecule has 0 aliphatic carbocycles. The van der Waals surface area contributed by atoms with Gasteiger partial charge in [-0.1, -0.05) is 0 Å². The molecule has 0 heterocycles. The average Bonchev–Trinajstić information content (AvgIpc) is 1.65. The van der Waals surface area contributed by atoms with Crippen LogP contribution in [-0.2, 0) is 24.4 Å². The van der Waals surface area contributed by atoms with Gasteiger partial charge in [-0.25, -0.2) is 0 Å². The summed E-state index contributed by atoms with van der Waals surface area (Å²) in [5.41, 5.74) is 0. The van der Waals surface area contributed by atoms with Gasteiger partial charge < -0.3 is 12.6 Å². The van der Waals surface area contributed by atoms with E-state index in [2.05, 4.69) is 58.9 Å². The highest BCUT2D eigenvalue weighted by atomic mass is 32.5. The van der Waals surface area contributed by atoms with Crippen LogP contribution in [0.3, 0.4) is 0 Å². The van der Waals surface area contributed by atoms with E-state index in [1.807, 2.05) is 0 Å². The summed E-state index contributed by atoms with van der Waals surface area (Å²) in [6.45, 7) is 16.5. The molecule has 0 aromatic heterocycles. The van der Waals surface area contributed by atoms with Crippen molar-refractivity contribution >= 4 is 43.5 Å². The van der Waals surface area contributed by atoms with Crippen LogP contribution < -0.4 is 0 Å². The van der Waals surface area contributed by atoms with Gasteiger partial charge in [-0.3, -0.25) is 0 Å². The Bertz CT molecular complexity index is 257. The van der Waals surface area contributed by atoms with Gasteiger partial charge in [0, 0.05) is 0 Å². The third-order valence-corrected chi connectivity index (χ3v) is 12.4. The molecule has 0 fully saturated rings. The fourth-order valence-electron chi connectivity index (χ4n) is 1.06. The third-order valence-electron chi connectivity index (χ3n) is 1.16. The minimum atomic E-state index is -2.57. The fourth-order valence-corrected chi connectivity index (χ4v) is 16.6. The van der Waals surface area contributed by atoms with Crippen molar-refractivity contribution in [2.45, 2.75) is 58.9 Å². The molecule has 0 rings (SSSR count). The maximum absolute atomic E-state index is 6.07. The molecule has 8 heteroatoms. The smallest absolute Gasteiger partial charge is 0.297 e. The van der Waals surface area contributed by atoms with Crippen LogP contribution in [0.2, 0.25) is 58.9 Å². The number of hydrogen-bond acceptors (Lipinski definition) is 4. The molecule has 0 aliphatic rings. The van der Waals surface area contributed by atoms with Gasteiger partial charge in [0.15, 0.2) is 25.0 Å². The second kappa shape index (κ2) is 5.66. The molecule has 0 unspecified atom stereocenters. The molecule has 0 aliphatic heterocycles. The molecule has 0 aromatic carbocycles. The van der Waals surface area contributed by atoms with Gasteiger partial charge in [0.05, 0.1) is 0 Å². The summed E-state index contributed by atoms with van der Waals surface area (Å²) < 4.78 is 18.2. The molecule has 0 amide bonds. The molecular formula is C9H27O3PSSi3. The van der Waals surface area contributed by atoms with Crippen LogP contribution in [0.5, 0.6) is 0 Å². The Morgan fingerprint density at radius 3 is 0.882 bits per heavy atom. The molecule has 0 atom stereocenters. The summed E-state index contributed by atoms with van der Waals surface area (Å²) in [7, 11) is -5.26. The fraction of sp³-hybridized carbons (Fsp3) is 1.00. The summed E-state index contributed by atoms with van der Waals surface area (Å²) in [4.78, 5) is 0. The number of rotatable bonds is 6. The van der Waals surface area contributed by atoms with Crippen LogP contribution in [0.4, 0.5) is 0 Å². The third kappa shape index (κ3) is 10.8. The maximum atomic E-state index is 6.07. The lowest BCUT2D eigenvalue weighted by atomic mass is 11.8. The van der Waals surface area contributed by atoms with Crippen LogP contribution in [0, 0.1) is 0 Å². The zero-order valence-electron chi connectivity index (χ0n) is 12.6. The first kappa shape index (κ1) is 18.2. The van der Waals surface area contributed by atoms with E-state index in [1.54, 1.807) is 0 Å². The van der Waals surface area contributed by atoms with Crippen LogP contribution in [0.15, 0.2) is 0 Å². The van der Waals surface area contributed by atoms with E-state index in [9.17, 15) is 0 Å². The van der Waals surface area contributed by atoms with Crippen LogP contribution >= 0.6 is 6.72 Å². The average molecular weight is 331 g/mol. The van der Waals surface area contributed by atoms with Crippen LogP contribution in [0.1, 0.15) is 0 Å². The molecule has 0 bridgehead atoms. The van der Waals surface area contributed by atoms with Crippen LogP contribution in [-0.4, -0.2) is 25.0 Å². The van der Waals surface area contributed by atoms with E-state index in [1.165, 1.54) is 0 Å². The lowest BCUT2D eigenvalue weighted by Crippen LogP contribution is -2.34. The Hall–Kier alpha value is 1.18. The predicted octanol–water partition coefficient (Wildman–Crippen LogP) is 4.77.